The Morgan fingerprint density at radius 1 is 0.909 bits per heavy atom. The van der Waals surface area contributed by atoms with Crippen LogP contribution < -0.4 is 0 Å². The molecule has 0 saturated carbocycles. The standard InChI is InChI=1S/C18H11BrO3/c19-12-8-5-11(6-9-12)7-10-15(20)16-17(21)13-3-1-2-4-14(13)18(16)22/h1-10,16H/b10-7+. The van der Waals surface area contributed by atoms with Gasteiger partial charge in [0, 0.05) is 15.6 Å². The van der Waals surface area contributed by atoms with Gasteiger partial charge in [0.05, 0.1) is 0 Å². The maximum atomic E-state index is 12.2. The summed E-state index contributed by atoms with van der Waals surface area (Å²) in [4.78, 5) is 36.7. The van der Waals surface area contributed by atoms with Gasteiger partial charge in [0.25, 0.3) is 0 Å². The summed E-state index contributed by atoms with van der Waals surface area (Å²) >= 11 is 3.33. The van der Waals surface area contributed by atoms with Gasteiger partial charge in [-0.1, -0.05) is 58.4 Å². The van der Waals surface area contributed by atoms with Crippen LogP contribution in [0.1, 0.15) is 26.3 Å². The van der Waals surface area contributed by atoms with Crippen molar-refractivity contribution in [1.82, 2.24) is 0 Å². The molecule has 0 heterocycles. The van der Waals surface area contributed by atoms with Crippen molar-refractivity contribution in [3.05, 3.63) is 75.8 Å². The van der Waals surface area contributed by atoms with Gasteiger partial charge in [-0.2, -0.15) is 0 Å². The predicted octanol–water partition coefficient (Wildman–Crippen LogP) is 3.73. The van der Waals surface area contributed by atoms with Crippen LogP contribution in [0.4, 0.5) is 0 Å². The molecule has 0 amide bonds. The van der Waals surface area contributed by atoms with Crippen molar-refractivity contribution in [2.45, 2.75) is 0 Å². The van der Waals surface area contributed by atoms with Gasteiger partial charge in [0.1, 0.15) is 5.92 Å². The molecular weight excluding hydrogens is 344 g/mol. The molecule has 0 atom stereocenters. The molecular formula is C18H11BrO3. The third kappa shape index (κ3) is 2.57. The van der Waals surface area contributed by atoms with Crippen LogP contribution in [0, 0.1) is 5.92 Å². The molecule has 0 fully saturated rings. The van der Waals surface area contributed by atoms with Crippen LogP contribution in [0.15, 0.2) is 59.1 Å². The van der Waals surface area contributed by atoms with E-state index >= 15 is 0 Å². The van der Waals surface area contributed by atoms with Crippen LogP contribution in [0.25, 0.3) is 6.08 Å². The smallest absolute Gasteiger partial charge is 0.182 e. The summed E-state index contributed by atoms with van der Waals surface area (Å²) < 4.78 is 0.938. The molecule has 108 valence electrons. The minimum absolute atomic E-state index is 0.336. The fourth-order valence-corrected chi connectivity index (χ4v) is 2.71. The van der Waals surface area contributed by atoms with Crippen molar-refractivity contribution in [3.8, 4) is 0 Å². The lowest BCUT2D eigenvalue weighted by Gasteiger charge is -2.01. The van der Waals surface area contributed by atoms with Crippen molar-refractivity contribution < 1.29 is 14.4 Å². The zero-order valence-electron chi connectivity index (χ0n) is 11.5. The van der Waals surface area contributed by atoms with Crippen molar-refractivity contribution in [1.29, 1.82) is 0 Å². The highest BCUT2D eigenvalue weighted by Gasteiger charge is 2.41. The Hall–Kier alpha value is -2.33. The topological polar surface area (TPSA) is 51.2 Å². The van der Waals surface area contributed by atoms with E-state index in [4.69, 9.17) is 0 Å². The average Bonchev–Trinajstić information content (AvgIpc) is 2.79. The van der Waals surface area contributed by atoms with Crippen LogP contribution in [0.3, 0.4) is 0 Å². The molecule has 0 radical (unpaired) electrons. The monoisotopic (exact) mass is 354 g/mol. The minimum atomic E-state index is -1.23. The SMILES string of the molecule is O=C(/C=C/c1ccc(Br)cc1)C1C(=O)c2ccccc2C1=O. The van der Waals surface area contributed by atoms with Crippen LogP contribution in [0.5, 0.6) is 0 Å². The molecule has 3 nitrogen and oxygen atoms in total. The summed E-state index contributed by atoms with van der Waals surface area (Å²) in [5, 5.41) is 0. The van der Waals surface area contributed by atoms with Gasteiger partial charge in [0.2, 0.25) is 0 Å². The molecule has 22 heavy (non-hydrogen) atoms. The lowest BCUT2D eigenvalue weighted by molar-refractivity contribution is -0.115. The Kier molecular flexibility index (Phi) is 3.86. The van der Waals surface area contributed by atoms with Crippen molar-refractivity contribution in [3.63, 3.8) is 0 Å². The van der Waals surface area contributed by atoms with Gasteiger partial charge in [-0.3, -0.25) is 14.4 Å². The van der Waals surface area contributed by atoms with Crippen molar-refractivity contribution in [2.24, 2.45) is 5.92 Å². The van der Waals surface area contributed by atoms with E-state index < -0.39 is 23.3 Å². The molecule has 3 rings (SSSR count). The highest BCUT2D eigenvalue weighted by atomic mass is 79.9. The van der Waals surface area contributed by atoms with Gasteiger partial charge in [0.15, 0.2) is 17.3 Å². The van der Waals surface area contributed by atoms with E-state index in [9.17, 15) is 14.4 Å². The summed E-state index contributed by atoms with van der Waals surface area (Å²) in [6, 6.07) is 13.9. The number of carbonyl (C=O) groups excluding carboxylic acids is 3. The molecule has 0 aromatic heterocycles. The first-order chi connectivity index (χ1) is 10.6. The third-order valence-electron chi connectivity index (χ3n) is 3.58. The fraction of sp³-hybridized carbons (Fsp3) is 0.0556. The summed E-state index contributed by atoms with van der Waals surface area (Å²) in [5.41, 5.74) is 1.50. The average molecular weight is 355 g/mol. The molecule has 4 heteroatoms. The number of fused-ring (bicyclic) bond motifs is 1. The van der Waals surface area contributed by atoms with E-state index in [-0.39, 0.29) is 0 Å². The number of hydrogen-bond acceptors (Lipinski definition) is 3. The van der Waals surface area contributed by atoms with E-state index in [1.807, 2.05) is 24.3 Å². The highest BCUT2D eigenvalue weighted by molar-refractivity contribution is 9.10. The van der Waals surface area contributed by atoms with Gasteiger partial charge < -0.3 is 0 Å². The van der Waals surface area contributed by atoms with E-state index in [1.54, 1.807) is 30.3 Å². The Labute approximate surface area is 135 Å². The van der Waals surface area contributed by atoms with Crippen LogP contribution >= 0.6 is 15.9 Å². The lowest BCUT2D eigenvalue weighted by atomic mass is 9.97. The zero-order chi connectivity index (χ0) is 15.7. The first kappa shape index (κ1) is 14.6. The molecule has 0 spiro atoms. The highest BCUT2D eigenvalue weighted by Crippen LogP contribution is 2.27. The molecule has 2 aromatic rings. The van der Waals surface area contributed by atoms with Crippen molar-refractivity contribution in [2.75, 3.05) is 0 Å². The zero-order valence-corrected chi connectivity index (χ0v) is 13.0. The Balaban J connectivity index is 1.83. The molecule has 0 aliphatic heterocycles. The number of carbonyl (C=O) groups is 3. The van der Waals surface area contributed by atoms with Crippen LogP contribution in [0.2, 0.25) is 0 Å². The number of halogens is 1. The van der Waals surface area contributed by atoms with E-state index in [1.165, 1.54) is 6.08 Å². The number of allylic oxidation sites excluding steroid dienone is 1. The minimum Gasteiger partial charge on any atom is -0.294 e. The molecule has 0 bridgehead atoms. The van der Waals surface area contributed by atoms with Gasteiger partial charge in [-0.15, -0.1) is 0 Å². The lowest BCUT2D eigenvalue weighted by Crippen LogP contribution is -2.23. The number of hydrogen-bond donors (Lipinski definition) is 0. The second kappa shape index (κ2) is 5.81. The molecule has 0 saturated heterocycles. The molecule has 0 unspecified atom stereocenters. The number of Topliss-reactive ketones (excluding diaryl/α,β-unsaturated/α-hetero) is 2. The third-order valence-corrected chi connectivity index (χ3v) is 4.11. The quantitative estimate of drug-likeness (QED) is 0.623. The van der Waals surface area contributed by atoms with E-state index in [0.29, 0.717) is 11.1 Å². The predicted molar refractivity (Wildman–Crippen MR) is 86.8 cm³/mol. The first-order valence-corrected chi connectivity index (χ1v) is 7.52. The Morgan fingerprint density at radius 3 is 2.00 bits per heavy atom. The first-order valence-electron chi connectivity index (χ1n) is 6.73. The Morgan fingerprint density at radius 2 is 1.45 bits per heavy atom. The number of rotatable bonds is 3. The summed E-state index contributed by atoms with van der Waals surface area (Å²) in [5.74, 6) is -2.53. The van der Waals surface area contributed by atoms with Crippen LogP contribution in [-0.2, 0) is 4.79 Å². The van der Waals surface area contributed by atoms with E-state index in [0.717, 1.165) is 10.0 Å². The fourth-order valence-electron chi connectivity index (χ4n) is 2.45. The summed E-state index contributed by atoms with van der Waals surface area (Å²) in [6.45, 7) is 0. The second-order valence-electron chi connectivity index (χ2n) is 4.99. The maximum Gasteiger partial charge on any atom is 0.182 e. The molecule has 0 N–H and O–H groups in total. The summed E-state index contributed by atoms with van der Waals surface area (Å²) in [7, 11) is 0. The molecule has 1 aliphatic rings. The maximum absolute atomic E-state index is 12.2. The van der Waals surface area contributed by atoms with Gasteiger partial charge >= 0.3 is 0 Å². The molecule has 2 aromatic carbocycles. The largest absolute Gasteiger partial charge is 0.294 e. The van der Waals surface area contributed by atoms with Crippen molar-refractivity contribution >= 4 is 39.4 Å². The van der Waals surface area contributed by atoms with E-state index in [2.05, 4.69) is 15.9 Å². The number of ketones is 3. The normalized spacial score (nSPS) is 14.6. The van der Waals surface area contributed by atoms with Crippen LogP contribution in [-0.4, -0.2) is 17.3 Å². The van der Waals surface area contributed by atoms with Gasteiger partial charge in [-0.05, 0) is 23.8 Å². The second-order valence-corrected chi connectivity index (χ2v) is 5.91. The Bertz CT molecular complexity index is 768. The van der Waals surface area contributed by atoms with Gasteiger partial charge in [-0.25, -0.2) is 0 Å². The molecule has 1 aliphatic carbocycles. The summed E-state index contributed by atoms with van der Waals surface area (Å²) in [6.07, 6.45) is 2.91. The number of benzene rings is 2.